The molecule has 0 aliphatic rings. The Morgan fingerprint density at radius 2 is 2.00 bits per heavy atom. The number of furan rings is 1. The van der Waals surface area contributed by atoms with Crippen molar-refractivity contribution in [2.45, 2.75) is 20.0 Å². The van der Waals surface area contributed by atoms with E-state index in [-0.39, 0.29) is 0 Å². The molecule has 0 amide bonds. The third-order valence-corrected chi connectivity index (χ3v) is 2.56. The Kier molecular flexibility index (Phi) is 5.73. The SMILES string of the molecule is C=CCN(CC=C)Cc1cc(C)c(CNC)o1. The van der Waals surface area contributed by atoms with Crippen molar-refractivity contribution in [2.24, 2.45) is 0 Å². The molecule has 0 bridgehead atoms. The minimum Gasteiger partial charge on any atom is -0.463 e. The minimum absolute atomic E-state index is 0.773. The summed E-state index contributed by atoms with van der Waals surface area (Å²) in [4.78, 5) is 2.22. The highest BCUT2D eigenvalue weighted by Crippen LogP contribution is 2.16. The van der Waals surface area contributed by atoms with Crippen LogP contribution in [-0.4, -0.2) is 25.0 Å². The van der Waals surface area contributed by atoms with Crippen LogP contribution in [0.25, 0.3) is 0 Å². The first-order chi connectivity index (χ1) is 8.21. The maximum absolute atomic E-state index is 5.81. The fourth-order valence-electron chi connectivity index (χ4n) is 1.79. The van der Waals surface area contributed by atoms with Crippen LogP contribution in [0.4, 0.5) is 0 Å². The fraction of sp³-hybridized carbons (Fsp3) is 0.429. The summed E-state index contributed by atoms with van der Waals surface area (Å²) >= 11 is 0. The summed E-state index contributed by atoms with van der Waals surface area (Å²) in [6.07, 6.45) is 3.79. The zero-order valence-corrected chi connectivity index (χ0v) is 10.8. The smallest absolute Gasteiger partial charge is 0.120 e. The maximum Gasteiger partial charge on any atom is 0.120 e. The highest BCUT2D eigenvalue weighted by atomic mass is 16.3. The van der Waals surface area contributed by atoms with Gasteiger partial charge in [-0.1, -0.05) is 12.2 Å². The van der Waals surface area contributed by atoms with Gasteiger partial charge in [-0.25, -0.2) is 0 Å². The van der Waals surface area contributed by atoms with Crippen LogP contribution in [-0.2, 0) is 13.1 Å². The van der Waals surface area contributed by atoms with Crippen LogP contribution in [0.1, 0.15) is 17.1 Å². The topological polar surface area (TPSA) is 28.4 Å². The van der Waals surface area contributed by atoms with Crippen molar-refractivity contribution in [3.05, 3.63) is 48.5 Å². The lowest BCUT2D eigenvalue weighted by molar-refractivity contribution is 0.289. The van der Waals surface area contributed by atoms with Gasteiger partial charge in [0.25, 0.3) is 0 Å². The molecule has 0 saturated heterocycles. The molecule has 94 valence electrons. The van der Waals surface area contributed by atoms with Gasteiger partial charge in [0.2, 0.25) is 0 Å². The number of hydrogen-bond donors (Lipinski definition) is 1. The summed E-state index contributed by atoms with van der Waals surface area (Å²) < 4.78 is 5.81. The van der Waals surface area contributed by atoms with E-state index in [2.05, 4.69) is 36.4 Å². The van der Waals surface area contributed by atoms with Crippen LogP contribution in [0, 0.1) is 6.92 Å². The van der Waals surface area contributed by atoms with Gasteiger partial charge in [0.05, 0.1) is 13.1 Å². The summed E-state index contributed by atoms with van der Waals surface area (Å²) in [6, 6.07) is 2.10. The Bertz CT molecular complexity index is 358. The van der Waals surface area contributed by atoms with Crippen molar-refractivity contribution in [3.8, 4) is 0 Å². The minimum atomic E-state index is 0.773. The predicted molar refractivity (Wildman–Crippen MR) is 71.9 cm³/mol. The molecule has 0 radical (unpaired) electrons. The summed E-state index contributed by atoms with van der Waals surface area (Å²) in [7, 11) is 1.92. The van der Waals surface area contributed by atoms with Gasteiger partial charge in [0.15, 0.2) is 0 Å². The molecule has 0 unspecified atom stereocenters. The van der Waals surface area contributed by atoms with Crippen LogP contribution in [0.3, 0.4) is 0 Å². The third-order valence-electron chi connectivity index (χ3n) is 2.56. The second-order valence-electron chi connectivity index (χ2n) is 4.12. The predicted octanol–water partition coefficient (Wildman–Crippen LogP) is 2.48. The van der Waals surface area contributed by atoms with Gasteiger partial charge in [-0.3, -0.25) is 4.90 Å². The van der Waals surface area contributed by atoms with Crippen molar-refractivity contribution >= 4 is 0 Å². The van der Waals surface area contributed by atoms with E-state index >= 15 is 0 Å². The summed E-state index contributed by atoms with van der Waals surface area (Å²) in [5.41, 5.74) is 1.20. The van der Waals surface area contributed by atoms with Gasteiger partial charge in [-0.2, -0.15) is 0 Å². The Balaban J connectivity index is 2.68. The first kappa shape index (κ1) is 13.7. The molecule has 3 nitrogen and oxygen atoms in total. The van der Waals surface area contributed by atoms with E-state index in [1.807, 2.05) is 19.2 Å². The van der Waals surface area contributed by atoms with Crippen molar-refractivity contribution in [1.82, 2.24) is 10.2 Å². The first-order valence-corrected chi connectivity index (χ1v) is 5.88. The molecule has 17 heavy (non-hydrogen) atoms. The molecule has 0 aliphatic heterocycles. The van der Waals surface area contributed by atoms with Crippen molar-refractivity contribution in [3.63, 3.8) is 0 Å². The Hall–Kier alpha value is -1.32. The molecule has 0 aliphatic carbocycles. The third kappa shape index (κ3) is 4.21. The lowest BCUT2D eigenvalue weighted by Crippen LogP contribution is -2.22. The lowest BCUT2D eigenvalue weighted by atomic mass is 10.2. The normalized spacial score (nSPS) is 10.8. The van der Waals surface area contributed by atoms with Crippen LogP contribution in [0.5, 0.6) is 0 Å². The van der Waals surface area contributed by atoms with E-state index in [1.165, 1.54) is 5.56 Å². The van der Waals surface area contributed by atoms with Crippen LogP contribution in [0.15, 0.2) is 35.8 Å². The van der Waals surface area contributed by atoms with E-state index < -0.39 is 0 Å². The van der Waals surface area contributed by atoms with Gasteiger partial charge in [0.1, 0.15) is 11.5 Å². The first-order valence-electron chi connectivity index (χ1n) is 5.88. The standard InChI is InChI=1S/C14H22N2O/c1-5-7-16(8-6-2)11-13-9-12(3)14(17-13)10-15-4/h5-6,9,15H,1-2,7-8,10-11H2,3-4H3. The Morgan fingerprint density at radius 3 is 2.53 bits per heavy atom. The average molecular weight is 234 g/mol. The molecule has 0 fully saturated rings. The molecular formula is C14H22N2O. The van der Waals surface area contributed by atoms with Crippen LogP contribution >= 0.6 is 0 Å². The number of nitrogens with one attached hydrogen (secondary N) is 1. The summed E-state index contributed by atoms with van der Waals surface area (Å²) in [5.74, 6) is 2.01. The molecule has 0 atom stereocenters. The maximum atomic E-state index is 5.81. The Morgan fingerprint density at radius 1 is 1.35 bits per heavy atom. The second-order valence-corrected chi connectivity index (χ2v) is 4.12. The molecular weight excluding hydrogens is 212 g/mol. The van der Waals surface area contributed by atoms with E-state index in [0.717, 1.165) is 37.7 Å². The number of nitrogens with zero attached hydrogens (tertiary/aromatic N) is 1. The van der Waals surface area contributed by atoms with Gasteiger partial charge < -0.3 is 9.73 Å². The molecule has 0 aromatic carbocycles. The average Bonchev–Trinajstić information content (AvgIpc) is 2.61. The Labute approximate surface area is 104 Å². The van der Waals surface area contributed by atoms with Gasteiger partial charge in [-0.15, -0.1) is 13.2 Å². The highest BCUT2D eigenvalue weighted by molar-refractivity contribution is 5.20. The van der Waals surface area contributed by atoms with Crippen molar-refractivity contribution in [2.75, 3.05) is 20.1 Å². The zero-order chi connectivity index (χ0) is 12.7. The van der Waals surface area contributed by atoms with E-state index in [0.29, 0.717) is 0 Å². The van der Waals surface area contributed by atoms with Crippen LogP contribution in [0.2, 0.25) is 0 Å². The summed E-state index contributed by atoms with van der Waals surface area (Å²) in [6.45, 7) is 12.8. The van der Waals surface area contributed by atoms with E-state index in [1.54, 1.807) is 0 Å². The largest absolute Gasteiger partial charge is 0.463 e. The molecule has 1 N–H and O–H groups in total. The fourth-order valence-corrected chi connectivity index (χ4v) is 1.79. The van der Waals surface area contributed by atoms with E-state index in [9.17, 15) is 0 Å². The molecule has 1 aromatic heterocycles. The highest BCUT2D eigenvalue weighted by Gasteiger charge is 2.09. The zero-order valence-electron chi connectivity index (χ0n) is 10.8. The lowest BCUT2D eigenvalue weighted by Gasteiger charge is -2.16. The van der Waals surface area contributed by atoms with Gasteiger partial charge in [-0.05, 0) is 25.6 Å². The number of rotatable bonds is 8. The monoisotopic (exact) mass is 234 g/mol. The molecule has 3 heteroatoms. The molecule has 1 aromatic rings. The quantitative estimate of drug-likeness (QED) is 0.700. The van der Waals surface area contributed by atoms with Gasteiger partial charge in [0, 0.05) is 13.1 Å². The van der Waals surface area contributed by atoms with Crippen LogP contribution < -0.4 is 5.32 Å². The summed E-state index contributed by atoms with van der Waals surface area (Å²) in [5, 5.41) is 3.10. The second kappa shape index (κ2) is 7.09. The van der Waals surface area contributed by atoms with Gasteiger partial charge >= 0.3 is 0 Å². The molecule has 0 saturated carbocycles. The van der Waals surface area contributed by atoms with E-state index in [4.69, 9.17) is 4.42 Å². The van der Waals surface area contributed by atoms with Crippen molar-refractivity contribution in [1.29, 1.82) is 0 Å². The van der Waals surface area contributed by atoms with Crippen molar-refractivity contribution < 1.29 is 4.42 Å². The molecule has 1 heterocycles. The number of aryl methyl sites for hydroxylation is 1. The molecule has 0 spiro atoms. The molecule has 1 rings (SSSR count). The number of hydrogen-bond acceptors (Lipinski definition) is 3.